The highest BCUT2D eigenvalue weighted by Gasteiger charge is 2.25. The predicted octanol–water partition coefficient (Wildman–Crippen LogP) is 7.32. The van der Waals surface area contributed by atoms with Gasteiger partial charge in [-0.3, -0.25) is 9.97 Å². The van der Waals surface area contributed by atoms with Crippen LogP contribution in [0.2, 0.25) is 0 Å². The van der Waals surface area contributed by atoms with Gasteiger partial charge in [0.05, 0.1) is 28.1 Å². The van der Waals surface area contributed by atoms with Crippen LogP contribution in [0.15, 0.2) is 103 Å². The third kappa shape index (κ3) is 3.25. The highest BCUT2D eigenvalue weighted by Crippen LogP contribution is 2.33. The average molecular weight is 426 g/mol. The van der Waals surface area contributed by atoms with Gasteiger partial charge in [0.1, 0.15) is 0 Å². The minimum atomic E-state index is -0.207. The van der Waals surface area contributed by atoms with Crippen molar-refractivity contribution in [2.45, 2.75) is 19.3 Å². The summed E-state index contributed by atoms with van der Waals surface area (Å²) in [6.45, 7) is 4.43. The molecule has 0 amide bonds. The zero-order chi connectivity index (χ0) is 22.4. The highest BCUT2D eigenvalue weighted by molar-refractivity contribution is 6.17. The lowest BCUT2D eigenvalue weighted by atomic mass is 9.81. The molecule has 0 fully saturated rings. The van der Waals surface area contributed by atoms with Crippen LogP contribution in [0.3, 0.4) is 0 Å². The SMILES string of the molecule is CC(C)(c1ccccc1)c1cccc(-c2ccc3ccc4ccc5cccnc5c4c3n2)n1. The summed E-state index contributed by atoms with van der Waals surface area (Å²) in [5, 5.41) is 4.46. The second-order valence-corrected chi connectivity index (χ2v) is 8.97. The normalized spacial score (nSPS) is 11.9. The highest BCUT2D eigenvalue weighted by atomic mass is 14.8. The molecule has 0 aliphatic heterocycles. The Bertz CT molecular complexity index is 1630. The van der Waals surface area contributed by atoms with E-state index in [1.54, 1.807) is 0 Å². The van der Waals surface area contributed by atoms with Gasteiger partial charge in [-0.2, -0.15) is 0 Å². The number of fused-ring (bicyclic) bond motifs is 5. The van der Waals surface area contributed by atoms with Crippen molar-refractivity contribution in [1.82, 2.24) is 15.0 Å². The molecule has 0 spiro atoms. The van der Waals surface area contributed by atoms with Crippen LogP contribution < -0.4 is 0 Å². The van der Waals surface area contributed by atoms with E-state index in [4.69, 9.17) is 9.97 Å². The van der Waals surface area contributed by atoms with Crippen LogP contribution in [0, 0.1) is 0 Å². The van der Waals surface area contributed by atoms with E-state index in [0.717, 1.165) is 49.7 Å². The zero-order valence-corrected chi connectivity index (χ0v) is 18.7. The summed E-state index contributed by atoms with van der Waals surface area (Å²) in [5.41, 5.74) is 5.75. The Balaban J connectivity index is 1.55. The lowest BCUT2D eigenvalue weighted by Gasteiger charge is -2.25. The fraction of sp³-hybridized carbons (Fsp3) is 0.100. The Morgan fingerprint density at radius 3 is 2.06 bits per heavy atom. The molecule has 0 N–H and O–H groups in total. The van der Waals surface area contributed by atoms with Crippen molar-refractivity contribution in [2.24, 2.45) is 0 Å². The number of benzene rings is 3. The Kier molecular flexibility index (Phi) is 4.44. The first-order valence-electron chi connectivity index (χ1n) is 11.2. The van der Waals surface area contributed by atoms with Crippen molar-refractivity contribution in [3.05, 3.63) is 115 Å². The van der Waals surface area contributed by atoms with E-state index >= 15 is 0 Å². The van der Waals surface area contributed by atoms with Crippen molar-refractivity contribution in [2.75, 3.05) is 0 Å². The minimum absolute atomic E-state index is 0.207. The third-order valence-electron chi connectivity index (χ3n) is 6.56. The number of aromatic nitrogens is 3. The molecule has 3 nitrogen and oxygen atoms in total. The first-order valence-corrected chi connectivity index (χ1v) is 11.2. The quantitative estimate of drug-likeness (QED) is 0.279. The summed E-state index contributed by atoms with van der Waals surface area (Å²) < 4.78 is 0. The van der Waals surface area contributed by atoms with Gasteiger partial charge >= 0.3 is 0 Å². The maximum atomic E-state index is 5.12. The van der Waals surface area contributed by atoms with Crippen molar-refractivity contribution in [3.8, 4) is 11.4 Å². The zero-order valence-electron chi connectivity index (χ0n) is 18.7. The van der Waals surface area contributed by atoms with Gasteiger partial charge in [-0.1, -0.05) is 86.6 Å². The predicted molar refractivity (Wildman–Crippen MR) is 136 cm³/mol. The van der Waals surface area contributed by atoms with Gasteiger partial charge in [-0.25, -0.2) is 4.98 Å². The molecule has 0 unspecified atom stereocenters. The Labute approximate surface area is 192 Å². The van der Waals surface area contributed by atoms with Crippen LogP contribution in [0.4, 0.5) is 0 Å². The molecule has 6 rings (SSSR count). The van der Waals surface area contributed by atoms with Gasteiger partial charge in [0.2, 0.25) is 0 Å². The summed E-state index contributed by atoms with van der Waals surface area (Å²) in [6, 6.07) is 33.6. The number of nitrogens with zero attached hydrogens (tertiary/aromatic N) is 3. The van der Waals surface area contributed by atoms with Gasteiger partial charge in [0, 0.05) is 27.8 Å². The average Bonchev–Trinajstić information content (AvgIpc) is 2.88. The van der Waals surface area contributed by atoms with Crippen molar-refractivity contribution < 1.29 is 0 Å². The number of hydrogen-bond donors (Lipinski definition) is 0. The van der Waals surface area contributed by atoms with E-state index < -0.39 is 0 Å². The fourth-order valence-corrected chi connectivity index (χ4v) is 4.60. The number of hydrogen-bond acceptors (Lipinski definition) is 3. The molecule has 0 aliphatic carbocycles. The summed E-state index contributed by atoms with van der Waals surface area (Å²) in [7, 11) is 0. The van der Waals surface area contributed by atoms with Crippen molar-refractivity contribution in [3.63, 3.8) is 0 Å². The van der Waals surface area contributed by atoms with Crippen LogP contribution in [-0.4, -0.2) is 15.0 Å². The molecular weight excluding hydrogens is 402 g/mol. The molecule has 0 aliphatic rings. The van der Waals surface area contributed by atoms with Gasteiger partial charge in [0.15, 0.2) is 0 Å². The molecule has 0 saturated heterocycles. The molecule has 0 radical (unpaired) electrons. The lowest BCUT2D eigenvalue weighted by Crippen LogP contribution is -2.20. The molecule has 0 saturated carbocycles. The first-order chi connectivity index (χ1) is 16.1. The third-order valence-corrected chi connectivity index (χ3v) is 6.56. The van der Waals surface area contributed by atoms with E-state index in [9.17, 15) is 0 Å². The van der Waals surface area contributed by atoms with E-state index in [0.29, 0.717) is 0 Å². The maximum absolute atomic E-state index is 5.12. The first kappa shape index (κ1) is 19.6. The van der Waals surface area contributed by atoms with Crippen LogP contribution in [0.25, 0.3) is 44.0 Å². The molecule has 3 heterocycles. The standard InChI is InChI=1S/C30H23N3/c1-30(2,23-9-4-3-5-10-23)26-12-6-11-24(32-26)25-18-17-22-16-14-20-13-15-21-8-7-19-31-28(21)27(20)29(22)33-25/h3-19H,1-2H3. The summed E-state index contributed by atoms with van der Waals surface area (Å²) in [6.07, 6.45) is 1.85. The second-order valence-electron chi connectivity index (χ2n) is 8.97. The van der Waals surface area contributed by atoms with Gasteiger partial charge in [-0.15, -0.1) is 0 Å². The maximum Gasteiger partial charge on any atom is 0.0894 e. The minimum Gasteiger partial charge on any atom is -0.256 e. The molecular formula is C30H23N3. The van der Waals surface area contributed by atoms with Crippen molar-refractivity contribution >= 4 is 32.6 Å². The van der Waals surface area contributed by atoms with Crippen LogP contribution in [0.5, 0.6) is 0 Å². The Morgan fingerprint density at radius 1 is 0.545 bits per heavy atom. The molecule has 3 aromatic carbocycles. The summed E-state index contributed by atoms with van der Waals surface area (Å²) in [4.78, 5) is 14.9. The summed E-state index contributed by atoms with van der Waals surface area (Å²) in [5.74, 6) is 0. The van der Waals surface area contributed by atoms with E-state index in [2.05, 4.69) is 97.7 Å². The van der Waals surface area contributed by atoms with Crippen molar-refractivity contribution in [1.29, 1.82) is 0 Å². The monoisotopic (exact) mass is 425 g/mol. The Hall–Kier alpha value is -4.11. The largest absolute Gasteiger partial charge is 0.256 e. The lowest BCUT2D eigenvalue weighted by molar-refractivity contribution is 0.617. The fourth-order valence-electron chi connectivity index (χ4n) is 4.60. The topological polar surface area (TPSA) is 38.7 Å². The molecule has 0 atom stereocenters. The summed E-state index contributed by atoms with van der Waals surface area (Å²) >= 11 is 0. The number of rotatable bonds is 3. The van der Waals surface area contributed by atoms with Crippen LogP contribution >= 0.6 is 0 Å². The van der Waals surface area contributed by atoms with E-state index in [1.165, 1.54) is 5.56 Å². The molecule has 3 aromatic heterocycles. The smallest absolute Gasteiger partial charge is 0.0894 e. The Morgan fingerprint density at radius 2 is 1.24 bits per heavy atom. The van der Waals surface area contributed by atoms with Gasteiger partial charge < -0.3 is 0 Å². The van der Waals surface area contributed by atoms with Crippen LogP contribution in [-0.2, 0) is 5.41 Å². The van der Waals surface area contributed by atoms with E-state index in [-0.39, 0.29) is 5.41 Å². The molecule has 6 aromatic rings. The van der Waals surface area contributed by atoms with Crippen LogP contribution in [0.1, 0.15) is 25.1 Å². The van der Waals surface area contributed by atoms with E-state index in [1.807, 2.05) is 24.4 Å². The second kappa shape index (κ2) is 7.49. The molecule has 158 valence electrons. The van der Waals surface area contributed by atoms with Gasteiger partial charge in [-0.05, 0) is 35.2 Å². The molecule has 3 heteroatoms. The molecule has 33 heavy (non-hydrogen) atoms. The number of pyridine rings is 3. The van der Waals surface area contributed by atoms with Gasteiger partial charge in [0.25, 0.3) is 0 Å². The molecule has 0 bridgehead atoms.